The highest BCUT2D eigenvalue weighted by molar-refractivity contribution is 5.56. The van der Waals surface area contributed by atoms with E-state index >= 15 is 0 Å². The third-order valence-electron chi connectivity index (χ3n) is 4.31. The number of rotatable bonds is 5. The van der Waals surface area contributed by atoms with Crippen molar-refractivity contribution in [2.45, 2.75) is 52.6 Å². The van der Waals surface area contributed by atoms with Crippen molar-refractivity contribution in [3.05, 3.63) is 29.8 Å². The van der Waals surface area contributed by atoms with E-state index < -0.39 is 0 Å². The van der Waals surface area contributed by atoms with Crippen LogP contribution in [0, 0.1) is 5.92 Å². The summed E-state index contributed by atoms with van der Waals surface area (Å²) in [6.07, 6.45) is 2.52. The predicted octanol–water partition coefficient (Wildman–Crippen LogP) is 3.46. The molecule has 0 saturated heterocycles. The molecule has 2 atom stereocenters. The Kier molecular flexibility index (Phi) is 4.87. The molecule has 0 saturated carbocycles. The zero-order valence-corrected chi connectivity index (χ0v) is 12.8. The summed E-state index contributed by atoms with van der Waals surface area (Å²) in [5, 5.41) is 3.56. The van der Waals surface area contributed by atoms with Crippen LogP contribution in [0.3, 0.4) is 0 Å². The van der Waals surface area contributed by atoms with Gasteiger partial charge in [-0.3, -0.25) is 0 Å². The van der Waals surface area contributed by atoms with Crippen molar-refractivity contribution in [1.29, 1.82) is 0 Å². The molecule has 0 radical (unpaired) electrons. The van der Waals surface area contributed by atoms with Crippen LogP contribution in [0.2, 0.25) is 0 Å². The number of anilines is 1. The number of nitrogens with zero attached hydrogens (tertiary/aromatic N) is 1. The lowest BCUT2D eigenvalue weighted by Crippen LogP contribution is -2.44. The Hall–Kier alpha value is -1.02. The number of aryl methyl sites for hydroxylation is 1. The molecule has 0 aliphatic carbocycles. The van der Waals surface area contributed by atoms with Crippen LogP contribution in [0.25, 0.3) is 0 Å². The van der Waals surface area contributed by atoms with Crippen LogP contribution >= 0.6 is 0 Å². The van der Waals surface area contributed by atoms with Gasteiger partial charge in [0.05, 0.1) is 0 Å². The Balaban J connectivity index is 2.05. The molecule has 1 heterocycles. The number of fused-ring (bicyclic) bond motifs is 1. The summed E-state index contributed by atoms with van der Waals surface area (Å²) >= 11 is 0. The van der Waals surface area contributed by atoms with Gasteiger partial charge in [-0.25, -0.2) is 0 Å². The van der Waals surface area contributed by atoms with E-state index in [-0.39, 0.29) is 0 Å². The van der Waals surface area contributed by atoms with Gasteiger partial charge in [-0.15, -0.1) is 0 Å². The van der Waals surface area contributed by atoms with Crippen LogP contribution in [0.4, 0.5) is 5.69 Å². The standard InChI is InChI=1S/C17H28N2/c1-13(2)18-12-14(3)15(4)19-11-7-9-16-8-5-6-10-17(16)19/h5-6,8,10,13-15,18H,7,9,11-12H2,1-4H3. The molecule has 1 aliphatic rings. The van der Waals surface area contributed by atoms with Crippen LogP contribution in [0.1, 0.15) is 39.7 Å². The van der Waals surface area contributed by atoms with Gasteiger partial charge in [0.15, 0.2) is 0 Å². The molecule has 106 valence electrons. The first-order valence-electron chi connectivity index (χ1n) is 7.67. The lowest BCUT2D eigenvalue weighted by Gasteiger charge is -2.39. The monoisotopic (exact) mass is 260 g/mol. The Morgan fingerprint density at radius 1 is 1.16 bits per heavy atom. The topological polar surface area (TPSA) is 15.3 Å². The Morgan fingerprint density at radius 2 is 1.89 bits per heavy atom. The minimum atomic E-state index is 0.572. The molecule has 2 rings (SSSR count). The molecule has 1 aromatic rings. The number of hydrogen-bond acceptors (Lipinski definition) is 2. The third kappa shape index (κ3) is 3.50. The number of hydrogen-bond donors (Lipinski definition) is 1. The van der Waals surface area contributed by atoms with E-state index in [2.05, 4.69) is 62.2 Å². The van der Waals surface area contributed by atoms with Crippen molar-refractivity contribution >= 4 is 5.69 Å². The molecule has 19 heavy (non-hydrogen) atoms. The van der Waals surface area contributed by atoms with Crippen molar-refractivity contribution in [2.75, 3.05) is 18.0 Å². The van der Waals surface area contributed by atoms with Crippen molar-refractivity contribution < 1.29 is 0 Å². The number of nitrogens with one attached hydrogen (secondary N) is 1. The molecule has 0 amide bonds. The second-order valence-corrected chi connectivity index (χ2v) is 6.21. The van der Waals surface area contributed by atoms with E-state index in [1.165, 1.54) is 30.6 Å². The maximum Gasteiger partial charge on any atom is 0.0401 e. The van der Waals surface area contributed by atoms with E-state index in [9.17, 15) is 0 Å². The number of benzene rings is 1. The van der Waals surface area contributed by atoms with Crippen molar-refractivity contribution in [3.63, 3.8) is 0 Å². The average Bonchev–Trinajstić information content (AvgIpc) is 2.43. The summed E-state index contributed by atoms with van der Waals surface area (Å²) in [5.74, 6) is 0.661. The van der Waals surface area contributed by atoms with Gasteiger partial charge in [0.25, 0.3) is 0 Å². The van der Waals surface area contributed by atoms with Gasteiger partial charge in [0.2, 0.25) is 0 Å². The van der Waals surface area contributed by atoms with Gasteiger partial charge in [-0.2, -0.15) is 0 Å². The van der Waals surface area contributed by atoms with Gasteiger partial charge < -0.3 is 10.2 Å². The molecule has 2 heteroatoms. The highest BCUT2D eigenvalue weighted by Gasteiger charge is 2.24. The van der Waals surface area contributed by atoms with Crippen LogP contribution < -0.4 is 10.2 Å². The van der Waals surface area contributed by atoms with Crippen molar-refractivity contribution in [3.8, 4) is 0 Å². The molecular weight excluding hydrogens is 232 g/mol. The van der Waals surface area contributed by atoms with E-state index in [0.717, 1.165) is 6.54 Å². The van der Waals surface area contributed by atoms with Crippen molar-refractivity contribution in [1.82, 2.24) is 5.32 Å². The summed E-state index contributed by atoms with van der Waals surface area (Å²) in [7, 11) is 0. The minimum Gasteiger partial charge on any atom is -0.368 e. The van der Waals surface area contributed by atoms with Gasteiger partial charge in [-0.1, -0.05) is 39.0 Å². The first-order chi connectivity index (χ1) is 9.09. The molecule has 1 aliphatic heterocycles. The van der Waals surface area contributed by atoms with Gasteiger partial charge in [0.1, 0.15) is 0 Å². The molecular formula is C17H28N2. The summed E-state index contributed by atoms with van der Waals surface area (Å²) in [4.78, 5) is 2.60. The van der Waals surface area contributed by atoms with E-state index in [4.69, 9.17) is 0 Å². The first-order valence-corrected chi connectivity index (χ1v) is 7.67. The highest BCUT2D eigenvalue weighted by Crippen LogP contribution is 2.30. The Morgan fingerprint density at radius 3 is 2.63 bits per heavy atom. The normalized spacial score (nSPS) is 18.3. The van der Waals surface area contributed by atoms with Crippen LogP contribution in [-0.4, -0.2) is 25.2 Å². The van der Waals surface area contributed by atoms with E-state index in [0.29, 0.717) is 18.0 Å². The van der Waals surface area contributed by atoms with Gasteiger partial charge in [-0.05, 0) is 43.9 Å². The fourth-order valence-corrected chi connectivity index (χ4v) is 2.89. The summed E-state index contributed by atoms with van der Waals surface area (Å²) in [6.45, 7) is 11.5. The molecule has 0 bridgehead atoms. The molecule has 0 spiro atoms. The lowest BCUT2D eigenvalue weighted by molar-refractivity contribution is 0.399. The SMILES string of the molecule is CC(C)NCC(C)C(C)N1CCCc2ccccc21. The first kappa shape index (κ1) is 14.4. The van der Waals surface area contributed by atoms with Crippen LogP contribution in [-0.2, 0) is 6.42 Å². The summed E-state index contributed by atoms with van der Waals surface area (Å²) < 4.78 is 0. The molecule has 0 fully saturated rings. The number of para-hydroxylation sites is 1. The molecule has 2 unspecified atom stereocenters. The smallest absolute Gasteiger partial charge is 0.0401 e. The van der Waals surface area contributed by atoms with Gasteiger partial charge in [0, 0.05) is 24.3 Å². The second-order valence-electron chi connectivity index (χ2n) is 6.21. The maximum atomic E-state index is 3.56. The fraction of sp³-hybridized carbons (Fsp3) is 0.647. The van der Waals surface area contributed by atoms with Crippen LogP contribution in [0.15, 0.2) is 24.3 Å². The maximum absolute atomic E-state index is 3.56. The van der Waals surface area contributed by atoms with E-state index in [1.54, 1.807) is 0 Å². The van der Waals surface area contributed by atoms with Crippen LogP contribution in [0.5, 0.6) is 0 Å². The Bertz CT molecular complexity index is 400. The summed E-state index contributed by atoms with van der Waals surface area (Å²) in [6, 6.07) is 10.1. The largest absolute Gasteiger partial charge is 0.368 e. The second kappa shape index (κ2) is 6.42. The Labute approximate surface area is 118 Å². The minimum absolute atomic E-state index is 0.572. The third-order valence-corrected chi connectivity index (χ3v) is 4.31. The van der Waals surface area contributed by atoms with E-state index in [1.807, 2.05) is 0 Å². The fourth-order valence-electron chi connectivity index (χ4n) is 2.89. The van der Waals surface area contributed by atoms with Crippen molar-refractivity contribution in [2.24, 2.45) is 5.92 Å². The lowest BCUT2D eigenvalue weighted by atomic mass is 9.95. The van der Waals surface area contributed by atoms with Gasteiger partial charge >= 0.3 is 0 Å². The molecule has 1 aromatic carbocycles. The molecule has 2 nitrogen and oxygen atoms in total. The highest BCUT2D eigenvalue weighted by atomic mass is 15.2. The zero-order chi connectivity index (χ0) is 13.8. The molecule has 0 aromatic heterocycles. The summed E-state index contributed by atoms with van der Waals surface area (Å²) in [5.41, 5.74) is 2.97. The quantitative estimate of drug-likeness (QED) is 0.872. The average molecular weight is 260 g/mol. The molecule has 1 N–H and O–H groups in total. The zero-order valence-electron chi connectivity index (χ0n) is 12.8. The predicted molar refractivity (Wildman–Crippen MR) is 83.9 cm³/mol.